The van der Waals surface area contributed by atoms with Gasteiger partial charge in [-0.15, -0.1) is 0 Å². The van der Waals surface area contributed by atoms with Crippen LogP contribution < -0.4 is 9.47 Å². The van der Waals surface area contributed by atoms with Crippen LogP contribution in [0.25, 0.3) is 0 Å². The molecule has 5 nitrogen and oxygen atoms in total. The van der Waals surface area contributed by atoms with Crippen molar-refractivity contribution in [3.05, 3.63) is 59.4 Å². The molecule has 158 valence electrons. The summed E-state index contributed by atoms with van der Waals surface area (Å²) in [5, 5.41) is 9.47. The average Bonchev–Trinajstić information content (AvgIpc) is 2.77. The summed E-state index contributed by atoms with van der Waals surface area (Å²) in [6.07, 6.45) is 2.60. The minimum atomic E-state index is -0.337. The molecule has 0 aromatic heterocycles. The number of piperidine rings is 1. The monoisotopic (exact) mass is 403 g/mol. The minimum absolute atomic E-state index is 0.197. The Balaban J connectivity index is 1.62. The van der Waals surface area contributed by atoms with Crippen molar-refractivity contribution >= 4 is 0 Å². The van der Waals surface area contributed by atoms with E-state index in [1.54, 1.807) is 14.2 Å². The van der Waals surface area contributed by atoms with Crippen LogP contribution in [0.15, 0.2) is 42.5 Å². The highest BCUT2D eigenvalue weighted by Gasteiger charge is 2.31. The van der Waals surface area contributed by atoms with Gasteiger partial charge >= 0.3 is 0 Å². The quantitative estimate of drug-likeness (QED) is 0.646. The number of halogens is 1. The molecule has 1 aliphatic heterocycles. The van der Waals surface area contributed by atoms with Crippen molar-refractivity contribution in [3.63, 3.8) is 0 Å². The second-order valence-corrected chi connectivity index (χ2v) is 7.35. The Morgan fingerprint density at radius 3 is 2.41 bits per heavy atom. The third-order valence-electron chi connectivity index (χ3n) is 5.68. The maximum atomic E-state index is 13.0. The summed E-state index contributed by atoms with van der Waals surface area (Å²) in [6, 6.07) is 12.5. The van der Waals surface area contributed by atoms with Crippen molar-refractivity contribution < 1.29 is 23.7 Å². The molecule has 0 aliphatic carbocycles. The number of methoxy groups -OCH3 is 2. The van der Waals surface area contributed by atoms with Crippen molar-refractivity contribution in [2.45, 2.75) is 25.4 Å². The van der Waals surface area contributed by atoms with Crippen molar-refractivity contribution in [1.29, 1.82) is 0 Å². The van der Waals surface area contributed by atoms with E-state index in [0.29, 0.717) is 11.5 Å². The van der Waals surface area contributed by atoms with Crippen LogP contribution in [0.3, 0.4) is 0 Å². The van der Waals surface area contributed by atoms with E-state index in [1.807, 2.05) is 30.3 Å². The van der Waals surface area contributed by atoms with Crippen LogP contribution in [-0.4, -0.2) is 50.7 Å². The number of aliphatic hydroxyl groups is 1. The number of hydrogen-bond donors (Lipinski definition) is 1. The SMILES string of the molecule is COc1cccc(C(OCO)C2CCN(CCc3ccc(F)cc3)CC2)c1OC. The molecule has 1 atom stereocenters. The minimum Gasteiger partial charge on any atom is -0.493 e. The first kappa shape index (κ1) is 21.6. The molecule has 3 rings (SSSR count). The first-order chi connectivity index (χ1) is 14.2. The van der Waals surface area contributed by atoms with E-state index in [0.717, 1.165) is 50.0 Å². The van der Waals surface area contributed by atoms with Gasteiger partial charge in [0.2, 0.25) is 0 Å². The van der Waals surface area contributed by atoms with Crippen LogP contribution in [0, 0.1) is 11.7 Å². The lowest BCUT2D eigenvalue weighted by molar-refractivity contribution is -0.0855. The van der Waals surface area contributed by atoms with Gasteiger partial charge in [0.05, 0.1) is 20.3 Å². The third-order valence-corrected chi connectivity index (χ3v) is 5.68. The van der Waals surface area contributed by atoms with Crippen LogP contribution >= 0.6 is 0 Å². The lowest BCUT2D eigenvalue weighted by atomic mass is 9.86. The summed E-state index contributed by atoms with van der Waals surface area (Å²) in [5.41, 5.74) is 2.06. The highest BCUT2D eigenvalue weighted by atomic mass is 19.1. The molecule has 1 aliphatic rings. The highest BCUT2D eigenvalue weighted by molar-refractivity contribution is 5.48. The zero-order chi connectivity index (χ0) is 20.6. The highest BCUT2D eigenvalue weighted by Crippen LogP contribution is 2.41. The van der Waals surface area contributed by atoms with Crippen LogP contribution in [0.5, 0.6) is 11.5 Å². The molecule has 1 N–H and O–H groups in total. The number of rotatable bonds is 9. The maximum absolute atomic E-state index is 13.0. The number of likely N-dealkylation sites (tertiary alicyclic amines) is 1. The number of hydrogen-bond acceptors (Lipinski definition) is 5. The Kier molecular flexibility index (Phi) is 7.86. The van der Waals surface area contributed by atoms with Crippen LogP contribution in [0.2, 0.25) is 0 Å². The van der Waals surface area contributed by atoms with Gasteiger partial charge in [-0.05, 0) is 62.0 Å². The number of nitrogens with zero attached hydrogens (tertiary/aromatic N) is 1. The second kappa shape index (κ2) is 10.6. The molecule has 0 amide bonds. The maximum Gasteiger partial charge on any atom is 0.166 e. The van der Waals surface area contributed by atoms with Gasteiger partial charge in [0.25, 0.3) is 0 Å². The van der Waals surface area contributed by atoms with E-state index in [1.165, 1.54) is 12.1 Å². The van der Waals surface area contributed by atoms with Gasteiger partial charge in [-0.25, -0.2) is 4.39 Å². The smallest absolute Gasteiger partial charge is 0.166 e. The first-order valence-electron chi connectivity index (χ1n) is 10.1. The Morgan fingerprint density at radius 2 is 1.79 bits per heavy atom. The van der Waals surface area contributed by atoms with E-state index >= 15 is 0 Å². The number of benzene rings is 2. The summed E-state index contributed by atoms with van der Waals surface area (Å²) < 4.78 is 29.8. The Hall–Kier alpha value is -2.15. The molecule has 2 aromatic rings. The van der Waals surface area contributed by atoms with E-state index in [2.05, 4.69) is 4.90 Å². The van der Waals surface area contributed by atoms with Gasteiger partial charge < -0.3 is 24.2 Å². The van der Waals surface area contributed by atoms with Crippen LogP contribution in [0.1, 0.15) is 30.1 Å². The molecular weight excluding hydrogens is 373 g/mol. The first-order valence-corrected chi connectivity index (χ1v) is 10.1. The summed E-state index contributed by atoms with van der Waals surface area (Å²) >= 11 is 0. The topological polar surface area (TPSA) is 51.2 Å². The van der Waals surface area contributed by atoms with Gasteiger partial charge in [0, 0.05) is 12.1 Å². The number of aliphatic hydroxyl groups excluding tert-OH is 1. The Labute approximate surface area is 172 Å². The van der Waals surface area contributed by atoms with Gasteiger partial charge in [0.15, 0.2) is 11.5 Å². The fourth-order valence-electron chi connectivity index (χ4n) is 4.11. The molecule has 0 spiro atoms. The fourth-order valence-corrected chi connectivity index (χ4v) is 4.11. The van der Waals surface area contributed by atoms with E-state index in [-0.39, 0.29) is 24.6 Å². The normalized spacial score (nSPS) is 16.6. The molecule has 1 fully saturated rings. The summed E-state index contributed by atoms with van der Waals surface area (Å²) in [4.78, 5) is 2.43. The van der Waals surface area contributed by atoms with Crippen molar-refractivity contribution in [1.82, 2.24) is 4.90 Å². The zero-order valence-electron chi connectivity index (χ0n) is 17.1. The van der Waals surface area contributed by atoms with Crippen LogP contribution in [-0.2, 0) is 11.2 Å². The Bertz CT molecular complexity index is 760. The fraction of sp³-hybridized carbons (Fsp3) is 0.478. The zero-order valence-corrected chi connectivity index (χ0v) is 17.1. The van der Waals surface area contributed by atoms with Crippen LogP contribution in [0.4, 0.5) is 4.39 Å². The molecule has 0 bridgehead atoms. The molecule has 2 aromatic carbocycles. The molecule has 0 radical (unpaired) electrons. The molecular formula is C23H30FNO4. The summed E-state index contributed by atoms with van der Waals surface area (Å²) in [7, 11) is 3.23. The predicted molar refractivity (Wildman–Crippen MR) is 110 cm³/mol. The second-order valence-electron chi connectivity index (χ2n) is 7.35. The molecule has 29 heavy (non-hydrogen) atoms. The number of para-hydroxylation sites is 1. The molecule has 0 saturated carbocycles. The van der Waals surface area contributed by atoms with Gasteiger partial charge in [-0.3, -0.25) is 0 Å². The standard InChI is InChI=1S/C23H30FNO4/c1-27-21-5-3-4-20(23(21)28-2)22(29-16-26)18-11-14-25(15-12-18)13-10-17-6-8-19(24)9-7-17/h3-9,18,22,26H,10-16H2,1-2H3. The lowest BCUT2D eigenvalue weighted by Crippen LogP contribution is -2.37. The van der Waals surface area contributed by atoms with Crippen molar-refractivity contribution in [3.8, 4) is 11.5 Å². The van der Waals surface area contributed by atoms with Gasteiger partial charge in [-0.2, -0.15) is 0 Å². The van der Waals surface area contributed by atoms with Crippen molar-refractivity contribution in [2.75, 3.05) is 40.6 Å². The molecule has 1 saturated heterocycles. The lowest BCUT2D eigenvalue weighted by Gasteiger charge is -2.36. The Morgan fingerprint density at radius 1 is 1.07 bits per heavy atom. The molecule has 1 unspecified atom stereocenters. The summed E-state index contributed by atoms with van der Waals surface area (Å²) in [6.45, 7) is 2.54. The van der Waals surface area contributed by atoms with E-state index in [9.17, 15) is 9.50 Å². The van der Waals surface area contributed by atoms with Crippen molar-refractivity contribution in [2.24, 2.45) is 5.92 Å². The summed E-state index contributed by atoms with van der Waals surface area (Å²) in [5.74, 6) is 1.41. The number of ether oxygens (including phenoxy) is 3. The van der Waals surface area contributed by atoms with Gasteiger partial charge in [-0.1, -0.05) is 24.3 Å². The van der Waals surface area contributed by atoms with E-state index in [4.69, 9.17) is 14.2 Å². The largest absolute Gasteiger partial charge is 0.493 e. The molecule has 1 heterocycles. The third kappa shape index (κ3) is 5.47. The average molecular weight is 403 g/mol. The predicted octanol–water partition coefficient (Wildman–Crippen LogP) is 3.81. The van der Waals surface area contributed by atoms with E-state index < -0.39 is 0 Å². The van der Waals surface area contributed by atoms with Gasteiger partial charge in [0.1, 0.15) is 12.6 Å². The molecule has 6 heteroatoms.